The van der Waals surface area contributed by atoms with Crippen LogP contribution in [-0.4, -0.2) is 111 Å². The number of piperazine rings is 2. The van der Waals surface area contributed by atoms with Gasteiger partial charge in [-0.25, -0.2) is 0 Å². The molecule has 3 rings (SSSR count). The molecule has 3 heterocycles. The average Bonchev–Trinajstić information content (AvgIpc) is 2.57. The summed E-state index contributed by atoms with van der Waals surface area (Å²) in [6.45, 7) is 15.2. The molecule has 1 N–H and O–H groups in total. The first-order valence-corrected chi connectivity index (χ1v) is 9.39. The summed E-state index contributed by atoms with van der Waals surface area (Å²) in [4.78, 5) is 10.5. The Hall–Kier alpha value is -0.200. The summed E-state index contributed by atoms with van der Waals surface area (Å²) in [5, 5.41) is 3.43. The Morgan fingerprint density at radius 1 is 0.773 bits per heavy atom. The number of piperidine rings is 1. The van der Waals surface area contributed by atoms with Gasteiger partial charge in [0.25, 0.3) is 0 Å². The highest BCUT2D eigenvalue weighted by Crippen LogP contribution is 2.17. The lowest BCUT2D eigenvalue weighted by Gasteiger charge is -2.42. The van der Waals surface area contributed by atoms with Crippen molar-refractivity contribution in [1.29, 1.82) is 0 Å². The van der Waals surface area contributed by atoms with Crippen molar-refractivity contribution in [3.8, 4) is 0 Å². The zero-order valence-electron chi connectivity index (χ0n) is 14.5. The first kappa shape index (κ1) is 16.7. The zero-order valence-corrected chi connectivity index (χ0v) is 14.5. The molecule has 0 aromatic rings. The number of hydrogen-bond acceptors (Lipinski definition) is 5. The standard InChI is InChI=1S/C17H35N5/c1-19-9-3-17(4-10-19)22-15-13-21(14-16-22)8-2-7-20-11-5-18-6-12-20/h17-18H,2-16H2,1H3. The molecular weight excluding hydrogens is 274 g/mol. The second-order valence-electron chi connectivity index (χ2n) is 7.36. The van der Waals surface area contributed by atoms with E-state index in [1.165, 1.54) is 97.8 Å². The maximum atomic E-state index is 3.43. The van der Waals surface area contributed by atoms with Gasteiger partial charge in [0.15, 0.2) is 0 Å². The molecule has 0 spiro atoms. The van der Waals surface area contributed by atoms with Crippen LogP contribution in [0.5, 0.6) is 0 Å². The van der Waals surface area contributed by atoms with Crippen LogP contribution in [-0.2, 0) is 0 Å². The van der Waals surface area contributed by atoms with Gasteiger partial charge in [-0.3, -0.25) is 4.90 Å². The highest BCUT2D eigenvalue weighted by molar-refractivity contribution is 4.82. The van der Waals surface area contributed by atoms with Crippen molar-refractivity contribution in [3.05, 3.63) is 0 Å². The maximum absolute atomic E-state index is 3.43. The first-order valence-electron chi connectivity index (χ1n) is 9.39. The quantitative estimate of drug-likeness (QED) is 0.770. The molecule has 0 unspecified atom stereocenters. The second-order valence-corrected chi connectivity index (χ2v) is 7.36. The van der Waals surface area contributed by atoms with Crippen molar-refractivity contribution in [2.45, 2.75) is 25.3 Å². The van der Waals surface area contributed by atoms with Gasteiger partial charge in [-0.2, -0.15) is 0 Å². The Labute approximate surface area is 136 Å². The number of nitrogens with zero attached hydrogens (tertiary/aromatic N) is 4. The highest BCUT2D eigenvalue weighted by Gasteiger charge is 2.26. The molecule has 0 aromatic heterocycles. The number of rotatable bonds is 5. The summed E-state index contributed by atoms with van der Waals surface area (Å²) in [6.07, 6.45) is 4.09. The van der Waals surface area contributed by atoms with Gasteiger partial charge < -0.3 is 20.0 Å². The van der Waals surface area contributed by atoms with Crippen LogP contribution in [0.25, 0.3) is 0 Å². The van der Waals surface area contributed by atoms with E-state index in [9.17, 15) is 0 Å². The monoisotopic (exact) mass is 309 g/mol. The van der Waals surface area contributed by atoms with Crippen molar-refractivity contribution in [1.82, 2.24) is 24.9 Å². The molecular formula is C17H35N5. The topological polar surface area (TPSA) is 25.0 Å². The fourth-order valence-corrected chi connectivity index (χ4v) is 4.16. The highest BCUT2D eigenvalue weighted by atomic mass is 15.3. The van der Waals surface area contributed by atoms with E-state index in [1.807, 2.05) is 0 Å². The van der Waals surface area contributed by atoms with E-state index in [-0.39, 0.29) is 0 Å². The minimum atomic E-state index is 0.860. The van der Waals surface area contributed by atoms with Crippen molar-refractivity contribution in [2.75, 3.05) is 85.6 Å². The van der Waals surface area contributed by atoms with Crippen molar-refractivity contribution in [3.63, 3.8) is 0 Å². The summed E-state index contributed by atoms with van der Waals surface area (Å²) in [5.41, 5.74) is 0. The number of nitrogens with one attached hydrogen (secondary N) is 1. The van der Waals surface area contributed by atoms with E-state index in [2.05, 4.69) is 32.0 Å². The lowest BCUT2D eigenvalue weighted by atomic mass is 10.0. The molecule has 22 heavy (non-hydrogen) atoms. The van der Waals surface area contributed by atoms with E-state index in [1.54, 1.807) is 0 Å². The number of hydrogen-bond donors (Lipinski definition) is 1. The van der Waals surface area contributed by atoms with Gasteiger partial charge >= 0.3 is 0 Å². The Balaban J connectivity index is 1.28. The van der Waals surface area contributed by atoms with Crippen molar-refractivity contribution >= 4 is 0 Å². The Morgan fingerprint density at radius 3 is 2.00 bits per heavy atom. The van der Waals surface area contributed by atoms with E-state index in [4.69, 9.17) is 0 Å². The minimum Gasteiger partial charge on any atom is -0.314 e. The molecule has 5 heteroatoms. The third-order valence-corrected chi connectivity index (χ3v) is 5.77. The Morgan fingerprint density at radius 2 is 1.36 bits per heavy atom. The summed E-state index contributed by atoms with van der Waals surface area (Å²) in [5.74, 6) is 0. The van der Waals surface area contributed by atoms with Crippen LogP contribution in [0.3, 0.4) is 0 Å². The summed E-state index contributed by atoms with van der Waals surface area (Å²) >= 11 is 0. The molecule has 3 aliphatic heterocycles. The van der Waals surface area contributed by atoms with E-state index >= 15 is 0 Å². The molecule has 0 radical (unpaired) electrons. The smallest absolute Gasteiger partial charge is 0.0121 e. The lowest BCUT2D eigenvalue weighted by molar-refractivity contribution is 0.0628. The van der Waals surface area contributed by atoms with E-state index < -0.39 is 0 Å². The SMILES string of the molecule is CN1CCC(N2CCN(CCCN3CCNCC3)CC2)CC1. The van der Waals surface area contributed by atoms with Crippen LogP contribution in [0.2, 0.25) is 0 Å². The van der Waals surface area contributed by atoms with Crippen molar-refractivity contribution < 1.29 is 0 Å². The number of likely N-dealkylation sites (tertiary alicyclic amines) is 1. The van der Waals surface area contributed by atoms with E-state index in [0.29, 0.717) is 0 Å². The fraction of sp³-hybridized carbons (Fsp3) is 1.00. The van der Waals surface area contributed by atoms with Gasteiger partial charge in [0.1, 0.15) is 0 Å². The van der Waals surface area contributed by atoms with Crippen LogP contribution >= 0.6 is 0 Å². The fourth-order valence-electron chi connectivity index (χ4n) is 4.16. The van der Waals surface area contributed by atoms with Crippen LogP contribution in [0.4, 0.5) is 0 Å². The van der Waals surface area contributed by atoms with Crippen LogP contribution < -0.4 is 5.32 Å². The molecule has 3 aliphatic rings. The summed E-state index contributed by atoms with van der Waals surface area (Å²) < 4.78 is 0. The molecule has 0 saturated carbocycles. The van der Waals surface area contributed by atoms with Gasteiger partial charge in [0.2, 0.25) is 0 Å². The molecule has 0 bridgehead atoms. The molecule has 0 aromatic carbocycles. The molecule has 0 aliphatic carbocycles. The molecule has 0 atom stereocenters. The van der Waals surface area contributed by atoms with Gasteiger partial charge in [0.05, 0.1) is 0 Å². The zero-order chi connectivity index (χ0) is 15.2. The second kappa shape index (κ2) is 8.60. The predicted octanol–water partition coefficient (Wildman–Crippen LogP) is -0.00650. The summed E-state index contributed by atoms with van der Waals surface area (Å²) in [6, 6.07) is 0.860. The molecule has 5 nitrogen and oxygen atoms in total. The largest absolute Gasteiger partial charge is 0.314 e. The minimum absolute atomic E-state index is 0.860. The van der Waals surface area contributed by atoms with Gasteiger partial charge in [-0.15, -0.1) is 0 Å². The predicted molar refractivity (Wildman–Crippen MR) is 92.5 cm³/mol. The third kappa shape index (κ3) is 4.90. The molecule has 3 fully saturated rings. The van der Waals surface area contributed by atoms with Crippen LogP contribution in [0, 0.1) is 0 Å². The molecule has 3 saturated heterocycles. The van der Waals surface area contributed by atoms with Crippen molar-refractivity contribution in [2.24, 2.45) is 0 Å². The summed E-state index contributed by atoms with van der Waals surface area (Å²) in [7, 11) is 2.26. The van der Waals surface area contributed by atoms with Gasteiger partial charge in [-0.1, -0.05) is 0 Å². The lowest BCUT2D eigenvalue weighted by Crippen LogP contribution is -2.53. The van der Waals surface area contributed by atoms with Crippen LogP contribution in [0.15, 0.2) is 0 Å². The Bertz CT molecular complexity index is 302. The first-order chi connectivity index (χ1) is 10.8. The third-order valence-electron chi connectivity index (χ3n) is 5.77. The maximum Gasteiger partial charge on any atom is 0.0121 e. The van der Waals surface area contributed by atoms with Gasteiger partial charge in [-0.05, 0) is 52.5 Å². The average molecular weight is 310 g/mol. The normalized spacial score (nSPS) is 28.2. The van der Waals surface area contributed by atoms with Gasteiger partial charge in [0, 0.05) is 58.4 Å². The van der Waals surface area contributed by atoms with Crippen LogP contribution in [0.1, 0.15) is 19.3 Å². The van der Waals surface area contributed by atoms with E-state index in [0.717, 1.165) is 6.04 Å². The Kier molecular flexibility index (Phi) is 6.51. The molecule has 128 valence electrons. The molecule has 0 amide bonds.